The largest absolute Gasteiger partial charge is 0.431 e. The fraction of sp³-hybridized carbons (Fsp3) is 0.385. The van der Waals surface area contributed by atoms with Crippen molar-refractivity contribution >= 4 is 11.7 Å². The van der Waals surface area contributed by atoms with Crippen LogP contribution in [0, 0.1) is 11.7 Å². The van der Waals surface area contributed by atoms with Crippen molar-refractivity contribution in [3.63, 3.8) is 0 Å². The highest BCUT2D eigenvalue weighted by atomic mass is 19.1. The summed E-state index contributed by atoms with van der Waals surface area (Å²) in [5.41, 5.74) is 1.10. The molecule has 2 aliphatic rings. The molecule has 0 spiro atoms. The average molecular weight is 265 g/mol. The van der Waals surface area contributed by atoms with Crippen LogP contribution < -0.4 is 0 Å². The molecule has 2 heterocycles. The number of nitrogens with zero attached hydrogens (tertiary/aromatic N) is 1. The summed E-state index contributed by atoms with van der Waals surface area (Å²) >= 11 is 0. The van der Waals surface area contributed by atoms with Crippen LogP contribution in [-0.2, 0) is 19.1 Å². The molecule has 6 heteroatoms. The molecule has 3 rings (SSSR count). The van der Waals surface area contributed by atoms with E-state index in [1.807, 2.05) is 0 Å². The number of ether oxygens (including phenoxy) is 2. The summed E-state index contributed by atoms with van der Waals surface area (Å²) in [5.74, 6) is -1.38. The molecular formula is C13H12FNO4. The van der Waals surface area contributed by atoms with Crippen molar-refractivity contribution in [1.29, 1.82) is 0 Å². The third-order valence-corrected chi connectivity index (χ3v) is 3.12. The number of benzene rings is 1. The number of rotatable bonds is 3. The molecule has 0 aliphatic carbocycles. The second kappa shape index (κ2) is 4.62. The van der Waals surface area contributed by atoms with Crippen LogP contribution >= 0.6 is 0 Å². The zero-order valence-corrected chi connectivity index (χ0v) is 10.2. The Morgan fingerprint density at radius 2 is 2.11 bits per heavy atom. The van der Waals surface area contributed by atoms with Crippen LogP contribution in [0.15, 0.2) is 29.4 Å². The highest BCUT2D eigenvalue weighted by Crippen LogP contribution is 2.34. The Morgan fingerprint density at radius 3 is 2.79 bits per heavy atom. The predicted molar refractivity (Wildman–Crippen MR) is 62.8 cm³/mol. The maximum atomic E-state index is 12.9. The lowest BCUT2D eigenvalue weighted by molar-refractivity contribution is -0.177. The van der Waals surface area contributed by atoms with E-state index in [0.29, 0.717) is 17.9 Å². The summed E-state index contributed by atoms with van der Waals surface area (Å²) in [4.78, 5) is 17.1. The zero-order chi connectivity index (χ0) is 13.4. The van der Waals surface area contributed by atoms with E-state index in [0.717, 1.165) is 0 Å². The molecule has 5 nitrogen and oxygen atoms in total. The van der Waals surface area contributed by atoms with Crippen molar-refractivity contribution in [2.45, 2.75) is 19.3 Å². The normalized spacial score (nSPS) is 28.6. The smallest absolute Gasteiger partial charge is 0.321 e. The van der Waals surface area contributed by atoms with Gasteiger partial charge in [-0.3, -0.25) is 4.79 Å². The van der Waals surface area contributed by atoms with Gasteiger partial charge >= 0.3 is 5.97 Å². The predicted octanol–water partition coefficient (Wildman–Crippen LogP) is 1.46. The van der Waals surface area contributed by atoms with E-state index < -0.39 is 24.3 Å². The van der Waals surface area contributed by atoms with E-state index >= 15 is 0 Å². The molecule has 0 saturated carbocycles. The Hall–Kier alpha value is -1.95. The second-order valence-electron chi connectivity index (χ2n) is 4.29. The monoisotopic (exact) mass is 265 g/mol. The van der Waals surface area contributed by atoms with E-state index in [1.165, 1.54) is 12.1 Å². The summed E-state index contributed by atoms with van der Waals surface area (Å²) in [5, 5.41) is 3.92. The molecule has 3 atom stereocenters. The maximum Gasteiger partial charge on any atom is 0.321 e. The third kappa shape index (κ3) is 1.98. The molecule has 0 amide bonds. The quantitative estimate of drug-likeness (QED) is 0.776. The van der Waals surface area contributed by atoms with E-state index in [4.69, 9.17) is 14.3 Å². The van der Waals surface area contributed by atoms with Crippen LogP contribution in [0.4, 0.5) is 4.39 Å². The van der Waals surface area contributed by atoms with Gasteiger partial charge in [-0.05, 0) is 19.1 Å². The lowest BCUT2D eigenvalue weighted by Gasteiger charge is -2.13. The number of esters is 1. The minimum absolute atomic E-state index is 0.346. The molecule has 1 aromatic rings. The first-order valence-corrected chi connectivity index (χ1v) is 6.02. The topological polar surface area (TPSA) is 57.1 Å². The Bertz CT molecular complexity index is 528. The summed E-state index contributed by atoms with van der Waals surface area (Å²) in [6.45, 7) is 2.22. The van der Waals surface area contributed by atoms with Gasteiger partial charge in [-0.1, -0.05) is 17.3 Å². The molecule has 2 aliphatic heterocycles. The molecule has 1 fully saturated rings. The summed E-state index contributed by atoms with van der Waals surface area (Å²) < 4.78 is 23.3. The van der Waals surface area contributed by atoms with Gasteiger partial charge in [0.2, 0.25) is 12.4 Å². The summed E-state index contributed by atoms with van der Waals surface area (Å²) in [6, 6.07) is 5.74. The first kappa shape index (κ1) is 12.1. The van der Waals surface area contributed by atoms with Gasteiger partial charge in [0.15, 0.2) is 0 Å². The average Bonchev–Trinajstić information content (AvgIpc) is 2.94. The molecule has 1 aromatic carbocycles. The first-order valence-electron chi connectivity index (χ1n) is 6.02. The SMILES string of the molecule is CCO[C@@H]1OC(=O)[C@@H]2C(c3ccc(F)cc3)=NO[C@H]12. The van der Waals surface area contributed by atoms with Crippen molar-refractivity contribution in [1.82, 2.24) is 0 Å². The van der Waals surface area contributed by atoms with Crippen molar-refractivity contribution in [3.05, 3.63) is 35.6 Å². The number of fused-ring (bicyclic) bond motifs is 1. The first-order chi connectivity index (χ1) is 9.20. The number of hydrogen-bond donors (Lipinski definition) is 0. The van der Waals surface area contributed by atoms with Crippen LogP contribution in [0.2, 0.25) is 0 Å². The molecule has 0 N–H and O–H groups in total. The van der Waals surface area contributed by atoms with E-state index in [2.05, 4.69) is 5.16 Å². The minimum atomic E-state index is -0.732. The molecule has 0 unspecified atom stereocenters. The minimum Gasteiger partial charge on any atom is -0.431 e. The number of cyclic esters (lactones) is 1. The lowest BCUT2D eigenvalue weighted by Crippen LogP contribution is -2.30. The molecular weight excluding hydrogens is 253 g/mol. The lowest BCUT2D eigenvalue weighted by atomic mass is 9.94. The highest BCUT2D eigenvalue weighted by molar-refractivity contribution is 6.13. The molecule has 1 saturated heterocycles. The standard InChI is InChI=1S/C13H12FNO4/c1-2-17-13-11-9(12(16)18-13)10(15-19-11)7-3-5-8(14)6-4-7/h3-6,9,11,13H,2H2,1H3/t9-,11+,13-/m1/s1. The molecule has 0 radical (unpaired) electrons. The fourth-order valence-corrected chi connectivity index (χ4v) is 2.24. The van der Waals surface area contributed by atoms with Crippen LogP contribution in [0.3, 0.4) is 0 Å². The van der Waals surface area contributed by atoms with Crippen molar-refractivity contribution in [2.24, 2.45) is 11.1 Å². The molecule has 0 aromatic heterocycles. The highest BCUT2D eigenvalue weighted by Gasteiger charge is 2.54. The summed E-state index contributed by atoms with van der Waals surface area (Å²) in [6.07, 6.45) is -1.29. The van der Waals surface area contributed by atoms with E-state index in [9.17, 15) is 9.18 Å². The number of carbonyl (C=O) groups excluding carboxylic acids is 1. The van der Waals surface area contributed by atoms with Crippen molar-refractivity contribution in [3.8, 4) is 0 Å². The number of halogens is 1. The Kier molecular flexibility index (Phi) is 2.94. The van der Waals surface area contributed by atoms with Gasteiger partial charge in [-0.15, -0.1) is 0 Å². The zero-order valence-electron chi connectivity index (χ0n) is 10.2. The van der Waals surface area contributed by atoms with Gasteiger partial charge in [0.05, 0.1) is 0 Å². The number of oxime groups is 1. The van der Waals surface area contributed by atoms with Crippen LogP contribution in [0.1, 0.15) is 12.5 Å². The van der Waals surface area contributed by atoms with Crippen LogP contribution in [0.25, 0.3) is 0 Å². The second-order valence-corrected chi connectivity index (χ2v) is 4.29. The van der Waals surface area contributed by atoms with Gasteiger partial charge in [0.1, 0.15) is 17.4 Å². The van der Waals surface area contributed by atoms with Crippen molar-refractivity contribution in [2.75, 3.05) is 6.61 Å². The van der Waals surface area contributed by atoms with Crippen molar-refractivity contribution < 1.29 is 23.5 Å². The van der Waals surface area contributed by atoms with Crippen LogP contribution in [-0.4, -0.2) is 30.7 Å². The maximum absolute atomic E-state index is 12.9. The van der Waals surface area contributed by atoms with Gasteiger partial charge in [-0.25, -0.2) is 4.39 Å². The Balaban J connectivity index is 1.86. The fourth-order valence-electron chi connectivity index (χ4n) is 2.24. The van der Waals surface area contributed by atoms with E-state index in [-0.39, 0.29) is 5.82 Å². The Labute approximate surface area is 108 Å². The molecule has 19 heavy (non-hydrogen) atoms. The van der Waals surface area contributed by atoms with E-state index in [1.54, 1.807) is 19.1 Å². The molecule has 100 valence electrons. The van der Waals surface area contributed by atoms with Gasteiger partial charge in [-0.2, -0.15) is 0 Å². The number of hydrogen-bond acceptors (Lipinski definition) is 5. The summed E-state index contributed by atoms with van der Waals surface area (Å²) in [7, 11) is 0. The number of carbonyl (C=O) groups is 1. The van der Waals surface area contributed by atoms with Crippen LogP contribution in [0.5, 0.6) is 0 Å². The Morgan fingerprint density at radius 1 is 1.37 bits per heavy atom. The van der Waals surface area contributed by atoms with Gasteiger partial charge in [0, 0.05) is 12.2 Å². The third-order valence-electron chi connectivity index (χ3n) is 3.12. The van der Waals surface area contributed by atoms with Gasteiger partial charge in [0.25, 0.3) is 0 Å². The molecule has 0 bridgehead atoms. The van der Waals surface area contributed by atoms with Gasteiger partial charge < -0.3 is 14.3 Å².